The lowest BCUT2D eigenvalue weighted by Gasteiger charge is -2.10. The molecule has 1 N–H and O–H groups in total. The molecule has 0 aliphatic rings. The molecule has 86 valence electrons. The van der Waals surface area contributed by atoms with Crippen LogP contribution in [0.15, 0.2) is 0 Å². The van der Waals surface area contributed by atoms with E-state index < -0.39 is 12.0 Å². The second-order valence-corrected chi connectivity index (χ2v) is 4.01. The molecule has 0 saturated carbocycles. The van der Waals surface area contributed by atoms with Crippen LogP contribution in [0, 0.1) is 0 Å². The second kappa shape index (κ2) is 4.78. The van der Waals surface area contributed by atoms with E-state index in [1.54, 1.807) is 0 Å². The van der Waals surface area contributed by atoms with Gasteiger partial charge in [0.1, 0.15) is 0 Å². The molecule has 15 heavy (non-hydrogen) atoms. The van der Waals surface area contributed by atoms with Crippen LogP contribution in [0.25, 0.3) is 0 Å². The van der Waals surface area contributed by atoms with Crippen molar-refractivity contribution in [2.24, 2.45) is 0 Å². The molecule has 0 radical (unpaired) electrons. The minimum atomic E-state index is -4.45. The maximum atomic E-state index is 12.1. The van der Waals surface area contributed by atoms with E-state index in [4.69, 9.17) is 0 Å². The van der Waals surface area contributed by atoms with E-state index in [1.165, 1.54) is 0 Å². The van der Waals surface area contributed by atoms with Gasteiger partial charge in [-0.25, -0.2) is 0 Å². The lowest BCUT2D eigenvalue weighted by atomic mass is 10.2. The van der Waals surface area contributed by atoms with Crippen molar-refractivity contribution in [1.82, 2.24) is 9.36 Å². The van der Waals surface area contributed by atoms with Gasteiger partial charge >= 0.3 is 6.18 Å². The number of hydrogen-bond donors (Lipinski definition) is 1. The lowest BCUT2D eigenvalue weighted by molar-refractivity contribution is -0.144. The number of rotatable bonds is 4. The van der Waals surface area contributed by atoms with E-state index in [0.717, 1.165) is 24.4 Å². The van der Waals surface area contributed by atoms with Crippen LogP contribution in [0.1, 0.15) is 32.5 Å². The number of alkyl halides is 3. The molecule has 1 rings (SSSR count). The molecule has 1 unspecified atom stereocenters. The quantitative estimate of drug-likeness (QED) is 0.877. The average Bonchev–Trinajstić information content (AvgIpc) is 2.52. The van der Waals surface area contributed by atoms with E-state index in [9.17, 15) is 13.2 Å². The highest BCUT2D eigenvalue weighted by molar-refractivity contribution is 7.09. The first kappa shape index (κ1) is 12.2. The summed E-state index contributed by atoms with van der Waals surface area (Å²) in [4.78, 5) is 3.38. The molecular formula is C8H12F3N3S. The Balaban J connectivity index is 2.61. The first-order chi connectivity index (χ1) is 6.93. The molecule has 0 aliphatic carbocycles. The van der Waals surface area contributed by atoms with Crippen molar-refractivity contribution in [3.63, 3.8) is 0 Å². The number of hydrogen-bond acceptors (Lipinski definition) is 4. The Bertz CT molecular complexity index is 310. The molecule has 1 aromatic rings. The molecule has 1 heterocycles. The highest BCUT2D eigenvalue weighted by atomic mass is 32.1. The predicted molar refractivity (Wildman–Crippen MR) is 52.9 cm³/mol. The Labute approximate surface area is 89.9 Å². The summed E-state index contributed by atoms with van der Waals surface area (Å²) in [7, 11) is 0. The van der Waals surface area contributed by atoms with E-state index in [-0.39, 0.29) is 11.2 Å². The van der Waals surface area contributed by atoms with Crippen molar-refractivity contribution in [2.45, 2.75) is 38.9 Å². The summed E-state index contributed by atoms with van der Waals surface area (Å²) in [5.41, 5.74) is 0. The average molecular weight is 239 g/mol. The van der Waals surface area contributed by atoms with Crippen molar-refractivity contribution in [1.29, 1.82) is 0 Å². The molecule has 1 atom stereocenters. The third-order valence-electron chi connectivity index (χ3n) is 1.77. The minimum absolute atomic E-state index is 0.115. The fourth-order valence-corrected chi connectivity index (χ4v) is 1.81. The van der Waals surface area contributed by atoms with Gasteiger partial charge < -0.3 is 5.32 Å². The van der Waals surface area contributed by atoms with Crippen molar-refractivity contribution in [2.75, 3.05) is 5.32 Å². The molecule has 0 aliphatic heterocycles. The third kappa shape index (κ3) is 3.65. The smallest absolute Gasteiger partial charge is 0.358 e. The molecular weight excluding hydrogens is 227 g/mol. The Kier molecular flexibility index (Phi) is 3.90. The van der Waals surface area contributed by atoms with Crippen LogP contribution in [-0.4, -0.2) is 15.4 Å². The van der Waals surface area contributed by atoms with Gasteiger partial charge in [-0.05, 0) is 13.3 Å². The summed E-state index contributed by atoms with van der Waals surface area (Å²) in [6, 6.07) is 0.115. The first-order valence-corrected chi connectivity index (χ1v) is 5.38. The van der Waals surface area contributed by atoms with Gasteiger partial charge in [-0.3, -0.25) is 0 Å². The molecule has 3 nitrogen and oxygen atoms in total. The molecule has 0 bridgehead atoms. The topological polar surface area (TPSA) is 37.8 Å². The molecule has 1 aromatic heterocycles. The fourth-order valence-electron chi connectivity index (χ4n) is 1.11. The fraction of sp³-hybridized carbons (Fsp3) is 0.750. The van der Waals surface area contributed by atoms with Crippen molar-refractivity contribution < 1.29 is 13.2 Å². The van der Waals surface area contributed by atoms with Gasteiger partial charge in [0, 0.05) is 17.6 Å². The standard InChI is InChI=1S/C8H12F3N3S/c1-3-4-5(2)12-7-13-6(14-15-7)8(9,10)11/h5H,3-4H2,1-2H3,(H,12,13,14). The summed E-state index contributed by atoms with van der Waals surface area (Å²) in [5.74, 6) is -1.07. The minimum Gasteiger partial charge on any atom is -0.358 e. The number of anilines is 1. The highest BCUT2D eigenvalue weighted by Crippen LogP contribution is 2.29. The Morgan fingerprint density at radius 2 is 2.13 bits per heavy atom. The van der Waals surface area contributed by atoms with Crippen LogP contribution in [0.4, 0.5) is 18.3 Å². The van der Waals surface area contributed by atoms with Crippen LogP contribution in [-0.2, 0) is 6.18 Å². The van der Waals surface area contributed by atoms with Crippen molar-refractivity contribution in [3.8, 4) is 0 Å². The summed E-state index contributed by atoms with van der Waals surface area (Å²) in [6.45, 7) is 3.91. The summed E-state index contributed by atoms with van der Waals surface area (Å²) >= 11 is 0.738. The van der Waals surface area contributed by atoms with Crippen molar-refractivity contribution >= 4 is 16.7 Å². The van der Waals surface area contributed by atoms with E-state index in [2.05, 4.69) is 14.7 Å². The van der Waals surface area contributed by atoms with Gasteiger partial charge in [0.15, 0.2) is 0 Å². The molecule has 7 heteroatoms. The molecule has 0 amide bonds. The summed E-state index contributed by atoms with van der Waals surface area (Å²) in [5, 5.41) is 3.11. The van der Waals surface area contributed by atoms with E-state index in [1.807, 2.05) is 13.8 Å². The predicted octanol–water partition coefficient (Wildman–Crippen LogP) is 3.16. The zero-order chi connectivity index (χ0) is 11.5. The maximum Gasteiger partial charge on any atom is 0.452 e. The van der Waals surface area contributed by atoms with Crippen LogP contribution < -0.4 is 5.32 Å². The lowest BCUT2D eigenvalue weighted by Crippen LogP contribution is -2.14. The van der Waals surface area contributed by atoms with Gasteiger partial charge in [0.25, 0.3) is 0 Å². The van der Waals surface area contributed by atoms with Gasteiger partial charge in [0.2, 0.25) is 11.0 Å². The van der Waals surface area contributed by atoms with E-state index >= 15 is 0 Å². The molecule has 0 aromatic carbocycles. The normalized spacial score (nSPS) is 13.9. The number of nitrogens with one attached hydrogen (secondary N) is 1. The van der Waals surface area contributed by atoms with Crippen molar-refractivity contribution in [3.05, 3.63) is 5.82 Å². The van der Waals surface area contributed by atoms with Crippen LogP contribution in [0.3, 0.4) is 0 Å². The summed E-state index contributed by atoms with van der Waals surface area (Å²) in [6.07, 6.45) is -2.59. The SMILES string of the molecule is CCCC(C)Nc1nc(C(F)(F)F)ns1. The molecule has 0 spiro atoms. The van der Waals surface area contributed by atoms with Crippen LogP contribution >= 0.6 is 11.5 Å². The monoisotopic (exact) mass is 239 g/mol. The Hall–Kier alpha value is -0.850. The van der Waals surface area contributed by atoms with E-state index in [0.29, 0.717) is 0 Å². The number of aromatic nitrogens is 2. The van der Waals surface area contributed by atoms with Crippen LogP contribution in [0.5, 0.6) is 0 Å². The van der Waals surface area contributed by atoms with Gasteiger partial charge in [-0.1, -0.05) is 13.3 Å². The second-order valence-electron chi connectivity index (χ2n) is 3.25. The number of halogens is 3. The zero-order valence-corrected chi connectivity index (χ0v) is 9.24. The van der Waals surface area contributed by atoms with Gasteiger partial charge in [-0.2, -0.15) is 22.5 Å². The Morgan fingerprint density at radius 3 is 2.60 bits per heavy atom. The van der Waals surface area contributed by atoms with Crippen LogP contribution in [0.2, 0.25) is 0 Å². The third-order valence-corrected chi connectivity index (χ3v) is 2.42. The first-order valence-electron chi connectivity index (χ1n) is 4.61. The Morgan fingerprint density at radius 1 is 1.47 bits per heavy atom. The molecule has 0 saturated heterocycles. The highest BCUT2D eigenvalue weighted by Gasteiger charge is 2.36. The summed E-state index contributed by atoms with van der Waals surface area (Å²) < 4.78 is 39.7. The maximum absolute atomic E-state index is 12.1. The molecule has 0 fully saturated rings. The zero-order valence-electron chi connectivity index (χ0n) is 8.43. The largest absolute Gasteiger partial charge is 0.452 e. The number of nitrogens with zero attached hydrogens (tertiary/aromatic N) is 2. The van der Waals surface area contributed by atoms with Gasteiger partial charge in [-0.15, -0.1) is 0 Å². The van der Waals surface area contributed by atoms with Gasteiger partial charge in [0.05, 0.1) is 0 Å².